The second-order valence-corrected chi connectivity index (χ2v) is 7.01. The Kier molecular flexibility index (Phi) is 7.07. The molecule has 1 amide bonds. The SMILES string of the molecule is Cc1ccc(SCC(=O)OCC(=O)Nc2ccc(C#N)c(Cl)c2)cc1C. The lowest BCUT2D eigenvalue weighted by molar-refractivity contribution is -0.144. The zero-order chi connectivity index (χ0) is 19.1. The normalized spacial score (nSPS) is 10.1. The standard InChI is InChI=1S/C19H17ClN2O3S/c1-12-3-6-16(7-13(12)2)26-11-19(24)25-10-18(23)22-15-5-4-14(9-21)17(20)8-15/h3-8H,10-11H2,1-2H3,(H,22,23). The molecule has 0 spiro atoms. The summed E-state index contributed by atoms with van der Waals surface area (Å²) in [7, 11) is 0. The highest BCUT2D eigenvalue weighted by atomic mass is 35.5. The Balaban J connectivity index is 1.77. The third-order valence-electron chi connectivity index (χ3n) is 3.57. The fraction of sp³-hybridized carbons (Fsp3) is 0.211. The Bertz CT molecular complexity index is 878. The largest absolute Gasteiger partial charge is 0.455 e. The van der Waals surface area contributed by atoms with Crippen molar-refractivity contribution >= 4 is 40.9 Å². The number of thioether (sulfide) groups is 1. The van der Waals surface area contributed by atoms with Gasteiger partial charge in [-0.15, -0.1) is 11.8 Å². The molecular weight excluding hydrogens is 372 g/mol. The summed E-state index contributed by atoms with van der Waals surface area (Å²) in [6.45, 7) is 3.65. The molecule has 0 heterocycles. The van der Waals surface area contributed by atoms with Crippen LogP contribution in [0.15, 0.2) is 41.3 Å². The molecule has 1 N–H and O–H groups in total. The number of halogens is 1. The second kappa shape index (κ2) is 9.27. The molecule has 0 aromatic heterocycles. The summed E-state index contributed by atoms with van der Waals surface area (Å²) >= 11 is 7.26. The average molecular weight is 389 g/mol. The number of benzene rings is 2. The van der Waals surface area contributed by atoms with E-state index in [1.165, 1.54) is 29.5 Å². The number of carbonyl (C=O) groups excluding carboxylic acids is 2. The Morgan fingerprint density at radius 2 is 1.96 bits per heavy atom. The van der Waals surface area contributed by atoms with Crippen LogP contribution in [0.2, 0.25) is 5.02 Å². The predicted octanol–water partition coefficient (Wildman–Crippen LogP) is 4.10. The van der Waals surface area contributed by atoms with Gasteiger partial charge in [0.1, 0.15) is 6.07 Å². The number of esters is 1. The van der Waals surface area contributed by atoms with Gasteiger partial charge in [-0.2, -0.15) is 5.26 Å². The minimum Gasteiger partial charge on any atom is -0.455 e. The molecule has 0 atom stereocenters. The van der Waals surface area contributed by atoms with Crippen molar-refractivity contribution in [3.05, 3.63) is 58.1 Å². The second-order valence-electron chi connectivity index (χ2n) is 5.55. The Morgan fingerprint density at radius 3 is 2.62 bits per heavy atom. The Morgan fingerprint density at radius 1 is 1.19 bits per heavy atom. The van der Waals surface area contributed by atoms with Crippen LogP contribution in [0.4, 0.5) is 5.69 Å². The van der Waals surface area contributed by atoms with Crippen molar-refractivity contribution in [2.45, 2.75) is 18.7 Å². The van der Waals surface area contributed by atoms with Crippen LogP contribution in [-0.2, 0) is 14.3 Å². The molecule has 0 unspecified atom stereocenters. The van der Waals surface area contributed by atoms with Gasteiger partial charge in [-0.1, -0.05) is 17.7 Å². The van der Waals surface area contributed by atoms with Crippen molar-refractivity contribution in [3.8, 4) is 6.07 Å². The molecule has 2 aromatic rings. The lowest BCUT2D eigenvalue weighted by Gasteiger charge is -2.08. The zero-order valence-corrected chi connectivity index (χ0v) is 15.9. The van der Waals surface area contributed by atoms with Gasteiger partial charge in [0.25, 0.3) is 5.91 Å². The van der Waals surface area contributed by atoms with Crippen LogP contribution < -0.4 is 5.32 Å². The maximum atomic E-state index is 11.8. The molecule has 0 saturated carbocycles. The molecular formula is C19H17ClN2O3S. The molecule has 0 aliphatic heterocycles. The van der Waals surface area contributed by atoms with E-state index >= 15 is 0 Å². The molecule has 5 nitrogen and oxygen atoms in total. The van der Waals surface area contributed by atoms with Gasteiger partial charge in [-0.3, -0.25) is 9.59 Å². The lowest BCUT2D eigenvalue weighted by Crippen LogP contribution is -2.21. The third kappa shape index (κ3) is 5.80. The number of rotatable bonds is 6. The maximum absolute atomic E-state index is 11.8. The summed E-state index contributed by atoms with van der Waals surface area (Å²) in [6.07, 6.45) is 0. The molecule has 0 aliphatic carbocycles. The van der Waals surface area contributed by atoms with E-state index in [1.54, 1.807) is 6.07 Å². The van der Waals surface area contributed by atoms with Gasteiger partial charge >= 0.3 is 5.97 Å². The third-order valence-corrected chi connectivity index (χ3v) is 4.85. The number of anilines is 1. The van der Waals surface area contributed by atoms with E-state index in [-0.39, 0.29) is 17.4 Å². The summed E-state index contributed by atoms with van der Waals surface area (Å²) < 4.78 is 4.97. The highest BCUT2D eigenvalue weighted by Crippen LogP contribution is 2.21. The monoisotopic (exact) mass is 388 g/mol. The molecule has 2 rings (SSSR count). The number of amides is 1. The highest BCUT2D eigenvalue weighted by molar-refractivity contribution is 8.00. The first-order valence-electron chi connectivity index (χ1n) is 7.74. The maximum Gasteiger partial charge on any atom is 0.316 e. The first-order valence-corrected chi connectivity index (χ1v) is 9.10. The summed E-state index contributed by atoms with van der Waals surface area (Å²) in [4.78, 5) is 24.6. The fourth-order valence-electron chi connectivity index (χ4n) is 2.01. The lowest BCUT2D eigenvalue weighted by atomic mass is 10.1. The molecule has 0 aliphatic rings. The van der Waals surface area contributed by atoms with E-state index in [0.717, 1.165) is 10.5 Å². The molecule has 0 bridgehead atoms. The highest BCUT2D eigenvalue weighted by Gasteiger charge is 2.10. The van der Waals surface area contributed by atoms with Crippen molar-refractivity contribution in [2.75, 3.05) is 17.7 Å². The molecule has 7 heteroatoms. The van der Waals surface area contributed by atoms with Crippen LogP contribution in [0.3, 0.4) is 0 Å². The van der Waals surface area contributed by atoms with Gasteiger partial charge in [0.05, 0.1) is 16.3 Å². The van der Waals surface area contributed by atoms with Crippen LogP contribution in [-0.4, -0.2) is 24.2 Å². The van der Waals surface area contributed by atoms with Crippen LogP contribution in [0.25, 0.3) is 0 Å². The fourth-order valence-corrected chi connectivity index (χ4v) is 3.03. The number of ether oxygens (including phenoxy) is 1. The number of hydrogen-bond donors (Lipinski definition) is 1. The average Bonchev–Trinajstić information content (AvgIpc) is 2.61. The van der Waals surface area contributed by atoms with E-state index in [2.05, 4.69) is 5.32 Å². The van der Waals surface area contributed by atoms with Gasteiger partial charge < -0.3 is 10.1 Å². The van der Waals surface area contributed by atoms with Crippen LogP contribution in [0.5, 0.6) is 0 Å². The Hall–Kier alpha value is -2.49. The van der Waals surface area contributed by atoms with Crippen molar-refractivity contribution < 1.29 is 14.3 Å². The van der Waals surface area contributed by atoms with Crippen molar-refractivity contribution in [3.63, 3.8) is 0 Å². The molecule has 0 radical (unpaired) electrons. The van der Waals surface area contributed by atoms with E-state index < -0.39 is 11.9 Å². The topological polar surface area (TPSA) is 79.2 Å². The van der Waals surface area contributed by atoms with E-state index in [1.807, 2.05) is 38.1 Å². The molecule has 0 saturated heterocycles. The molecule has 0 fully saturated rings. The summed E-state index contributed by atoms with van der Waals surface area (Å²) in [5.74, 6) is -0.824. The quantitative estimate of drug-likeness (QED) is 0.595. The number of hydrogen-bond acceptors (Lipinski definition) is 5. The van der Waals surface area contributed by atoms with Crippen LogP contribution in [0, 0.1) is 25.2 Å². The summed E-state index contributed by atoms with van der Waals surface area (Å²) in [6, 6.07) is 12.4. The smallest absolute Gasteiger partial charge is 0.316 e. The number of carbonyl (C=O) groups is 2. The molecule has 26 heavy (non-hydrogen) atoms. The van der Waals surface area contributed by atoms with E-state index in [0.29, 0.717) is 11.3 Å². The zero-order valence-electron chi connectivity index (χ0n) is 14.3. The van der Waals surface area contributed by atoms with Gasteiger partial charge in [0.15, 0.2) is 6.61 Å². The Labute approximate surface area is 161 Å². The van der Waals surface area contributed by atoms with Crippen molar-refractivity contribution in [1.29, 1.82) is 5.26 Å². The number of nitrogens with zero attached hydrogens (tertiary/aromatic N) is 1. The van der Waals surface area contributed by atoms with E-state index in [9.17, 15) is 9.59 Å². The van der Waals surface area contributed by atoms with Crippen LogP contribution in [0.1, 0.15) is 16.7 Å². The van der Waals surface area contributed by atoms with Crippen molar-refractivity contribution in [2.24, 2.45) is 0 Å². The summed E-state index contributed by atoms with van der Waals surface area (Å²) in [5, 5.41) is 11.6. The minimum absolute atomic E-state index is 0.123. The number of aryl methyl sites for hydroxylation is 2. The summed E-state index contributed by atoms with van der Waals surface area (Å²) in [5.41, 5.74) is 3.10. The number of nitriles is 1. The van der Waals surface area contributed by atoms with Gasteiger partial charge in [0, 0.05) is 10.6 Å². The first kappa shape index (κ1) is 19.8. The molecule has 134 valence electrons. The van der Waals surface area contributed by atoms with Gasteiger partial charge in [-0.05, 0) is 55.3 Å². The number of nitrogens with one attached hydrogen (secondary N) is 1. The predicted molar refractivity (Wildman–Crippen MR) is 102 cm³/mol. The van der Waals surface area contributed by atoms with Gasteiger partial charge in [-0.25, -0.2) is 0 Å². The van der Waals surface area contributed by atoms with Gasteiger partial charge in [0.2, 0.25) is 0 Å². The first-order chi connectivity index (χ1) is 12.4. The van der Waals surface area contributed by atoms with Crippen LogP contribution >= 0.6 is 23.4 Å². The molecule has 2 aromatic carbocycles. The van der Waals surface area contributed by atoms with E-state index in [4.69, 9.17) is 21.6 Å². The minimum atomic E-state index is -0.477. The van der Waals surface area contributed by atoms with Crippen molar-refractivity contribution in [1.82, 2.24) is 0 Å².